The van der Waals surface area contributed by atoms with Crippen LogP contribution in [0.2, 0.25) is 0 Å². The monoisotopic (exact) mass is 242 g/mol. The van der Waals surface area contributed by atoms with Crippen molar-refractivity contribution in [1.82, 2.24) is 10.2 Å². The van der Waals surface area contributed by atoms with Crippen molar-refractivity contribution in [3.8, 4) is 0 Å². The quantitative estimate of drug-likeness (QED) is 0.744. The van der Waals surface area contributed by atoms with Crippen LogP contribution in [0, 0.1) is 5.41 Å². The second kappa shape index (κ2) is 5.49. The van der Waals surface area contributed by atoms with Gasteiger partial charge in [-0.2, -0.15) is 0 Å². The zero-order valence-corrected chi connectivity index (χ0v) is 10.8. The van der Waals surface area contributed by atoms with E-state index < -0.39 is 11.4 Å². The van der Waals surface area contributed by atoms with Crippen LogP contribution in [0.5, 0.6) is 0 Å². The molecule has 1 saturated carbocycles. The third-order valence-corrected chi connectivity index (χ3v) is 3.57. The number of carboxylic acid groups (broad SMARTS) is 1. The lowest BCUT2D eigenvalue weighted by Crippen LogP contribution is -2.47. The second-order valence-corrected chi connectivity index (χ2v) is 5.29. The molecule has 98 valence electrons. The Morgan fingerprint density at radius 3 is 2.65 bits per heavy atom. The van der Waals surface area contributed by atoms with Gasteiger partial charge in [-0.25, -0.2) is 0 Å². The molecule has 1 amide bonds. The molecule has 17 heavy (non-hydrogen) atoms. The molecule has 0 bridgehead atoms. The van der Waals surface area contributed by atoms with Crippen molar-refractivity contribution in [2.45, 2.75) is 38.6 Å². The molecule has 0 spiro atoms. The van der Waals surface area contributed by atoms with E-state index in [9.17, 15) is 14.7 Å². The van der Waals surface area contributed by atoms with Crippen LogP contribution in [0.1, 0.15) is 32.6 Å². The largest absolute Gasteiger partial charge is 0.481 e. The van der Waals surface area contributed by atoms with Crippen LogP contribution >= 0.6 is 0 Å². The first-order valence-corrected chi connectivity index (χ1v) is 6.04. The maximum atomic E-state index is 11.7. The number of nitrogens with zero attached hydrogens (tertiary/aromatic N) is 1. The summed E-state index contributed by atoms with van der Waals surface area (Å²) >= 11 is 0. The molecule has 5 heteroatoms. The molecule has 0 radical (unpaired) electrons. The molecule has 0 aliphatic heterocycles. The lowest BCUT2D eigenvalue weighted by molar-refractivity contribution is -0.149. The number of hydrogen-bond donors (Lipinski definition) is 2. The van der Waals surface area contributed by atoms with Gasteiger partial charge in [0.1, 0.15) is 0 Å². The molecule has 1 fully saturated rings. The van der Waals surface area contributed by atoms with Crippen LogP contribution in [0.4, 0.5) is 0 Å². The molecule has 2 N–H and O–H groups in total. The minimum absolute atomic E-state index is 0.0573. The first-order chi connectivity index (χ1) is 7.86. The van der Waals surface area contributed by atoms with Crippen molar-refractivity contribution in [3.05, 3.63) is 0 Å². The highest BCUT2D eigenvalue weighted by Crippen LogP contribution is 2.38. The number of rotatable bonds is 5. The van der Waals surface area contributed by atoms with Gasteiger partial charge in [0.25, 0.3) is 0 Å². The number of hydrogen-bond acceptors (Lipinski definition) is 3. The number of aliphatic carboxylic acids is 1. The van der Waals surface area contributed by atoms with E-state index in [4.69, 9.17) is 0 Å². The van der Waals surface area contributed by atoms with Crippen molar-refractivity contribution in [2.24, 2.45) is 5.41 Å². The minimum Gasteiger partial charge on any atom is -0.481 e. The van der Waals surface area contributed by atoms with Crippen LogP contribution in [-0.2, 0) is 9.59 Å². The predicted molar refractivity (Wildman–Crippen MR) is 64.7 cm³/mol. The van der Waals surface area contributed by atoms with E-state index in [0.29, 0.717) is 19.4 Å². The highest BCUT2D eigenvalue weighted by atomic mass is 16.4. The summed E-state index contributed by atoms with van der Waals surface area (Å²) in [6.07, 6.45) is 2.68. The van der Waals surface area contributed by atoms with Gasteiger partial charge >= 0.3 is 5.97 Å². The van der Waals surface area contributed by atoms with E-state index in [-0.39, 0.29) is 11.9 Å². The second-order valence-electron chi connectivity index (χ2n) is 5.29. The topological polar surface area (TPSA) is 69.6 Å². The fraction of sp³-hybridized carbons (Fsp3) is 0.833. The van der Waals surface area contributed by atoms with E-state index in [0.717, 1.165) is 12.8 Å². The molecule has 2 unspecified atom stereocenters. The molecule has 0 aromatic carbocycles. The summed E-state index contributed by atoms with van der Waals surface area (Å²) in [6, 6.07) is -0.227. The summed E-state index contributed by atoms with van der Waals surface area (Å²) in [5.41, 5.74) is -0.798. The van der Waals surface area contributed by atoms with Gasteiger partial charge in [0, 0.05) is 19.0 Å². The van der Waals surface area contributed by atoms with Gasteiger partial charge in [0.2, 0.25) is 5.91 Å². The average molecular weight is 242 g/mol. The summed E-state index contributed by atoms with van der Waals surface area (Å²) in [7, 11) is 3.81. The van der Waals surface area contributed by atoms with Crippen LogP contribution in [0.3, 0.4) is 0 Å². The van der Waals surface area contributed by atoms with Crippen molar-refractivity contribution >= 4 is 11.9 Å². The molecule has 1 rings (SSSR count). The Bertz CT molecular complexity index is 304. The summed E-state index contributed by atoms with van der Waals surface area (Å²) in [5, 5.41) is 12.1. The Morgan fingerprint density at radius 2 is 2.12 bits per heavy atom. The SMILES string of the molecule is CN(C)CCC(=O)NC1CCCC1(C)C(=O)O. The Balaban J connectivity index is 2.50. The van der Waals surface area contributed by atoms with E-state index in [2.05, 4.69) is 5.32 Å². The molecule has 0 aromatic heterocycles. The Labute approximate surface area is 102 Å². The zero-order valence-electron chi connectivity index (χ0n) is 10.8. The molecular weight excluding hydrogens is 220 g/mol. The smallest absolute Gasteiger partial charge is 0.311 e. The molecule has 5 nitrogen and oxygen atoms in total. The predicted octanol–water partition coefficient (Wildman–Crippen LogP) is 0.698. The van der Waals surface area contributed by atoms with Crippen LogP contribution in [-0.4, -0.2) is 48.6 Å². The van der Waals surface area contributed by atoms with E-state index in [1.54, 1.807) is 6.92 Å². The molecule has 0 heterocycles. The van der Waals surface area contributed by atoms with E-state index in [1.165, 1.54) is 0 Å². The number of carbonyl (C=O) groups is 2. The third-order valence-electron chi connectivity index (χ3n) is 3.57. The van der Waals surface area contributed by atoms with Gasteiger partial charge < -0.3 is 15.3 Å². The maximum Gasteiger partial charge on any atom is 0.311 e. The summed E-state index contributed by atoms with van der Waals surface area (Å²) in [6.45, 7) is 2.40. The standard InChI is InChI=1S/C12H22N2O3/c1-12(11(16)17)7-4-5-9(12)13-10(15)6-8-14(2)3/h9H,4-8H2,1-3H3,(H,13,15)(H,16,17). The van der Waals surface area contributed by atoms with Crippen molar-refractivity contribution in [3.63, 3.8) is 0 Å². The summed E-state index contributed by atoms with van der Waals surface area (Å²) in [4.78, 5) is 24.8. The molecule has 1 aliphatic rings. The fourth-order valence-corrected chi connectivity index (χ4v) is 2.25. The minimum atomic E-state index is -0.812. The van der Waals surface area contributed by atoms with Gasteiger partial charge in [-0.1, -0.05) is 6.42 Å². The lowest BCUT2D eigenvalue weighted by Gasteiger charge is -2.27. The lowest BCUT2D eigenvalue weighted by atomic mass is 9.85. The molecule has 2 atom stereocenters. The Hall–Kier alpha value is -1.10. The number of nitrogens with one attached hydrogen (secondary N) is 1. The normalized spacial score (nSPS) is 28.4. The van der Waals surface area contributed by atoms with Crippen molar-refractivity contribution < 1.29 is 14.7 Å². The first-order valence-electron chi connectivity index (χ1n) is 6.04. The average Bonchev–Trinajstić information content (AvgIpc) is 2.59. The summed E-state index contributed by atoms with van der Waals surface area (Å²) < 4.78 is 0. The summed E-state index contributed by atoms with van der Waals surface area (Å²) in [5.74, 6) is -0.869. The molecule has 1 aliphatic carbocycles. The van der Waals surface area contributed by atoms with Gasteiger partial charge in [-0.3, -0.25) is 9.59 Å². The maximum absolute atomic E-state index is 11.7. The highest BCUT2D eigenvalue weighted by Gasteiger charge is 2.45. The Morgan fingerprint density at radius 1 is 1.47 bits per heavy atom. The van der Waals surface area contributed by atoms with E-state index >= 15 is 0 Å². The Kier molecular flexibility index (Phi) is 4.51. The number of amides is 1. The molecule has 0 aromatic rings. The number of carbonyl (C=O) groups excluding carboxylic acids is 1. The van der Waals surface area contributed by atoms with Crippen LogP contribution in [0.15, 0.2) is 0 Å². The number of carboxylic acids is 1. The van der Waals surface area contributed by atoms with Gasteiger partial charge in [0.05, 0.1) is 5.41 Å². The van der Waals surface area contributed by atoms with Gasteiger partial charge in [0.15, 0.2) is 0 Å². The van der Waals surface area contributed by atoms with Crippen molar-refractivity contribution in [2.75, 3.05) is 20.6 Å². The fourth-order valence-electron chi connectivity index (χ4n) is 2.25. The molecular formula is C12H22N2O3. The van der Waals surface area contributed by atoms with Gasteiger partial charge in [-0.05, 0) is 33.9 Å². The van der Waals surface area contributed by atoms with Crippen LogP contribution in [0.25, 0.3) is 0 Å². The van der Waals surface area contributed by atoms with Crippen LogP contribution < -0.4 is 5.32 Å². The van der Waals surface area contributed by atoms with Gasteiger partial charge in [-0.15, -0.1) is 0 Å². The highest BCUT2D eigenvalue weighted by molar-refractivity contribution is 5.80. The first kappa shape index (κ1) is 14.0. The molecule has 0 saturated heterocycles. The zero-order chi connectivity index (χ0) is 13.1. The van der Waals surface area contributed by atoms with Crippen molar-refractivity contribution in [1.29, 1.82) is 0 Å². The third kappa shape index (κ3) is 3.43. The van der Waals surface area contributed by atoms with E-state index in [1.807, 2.05) is 19.0 Å².